The zero-order valence-corrected chi connectivity index (χ0v) is 17.1. The number of rotatable bonds is 6. The molecule has 1 N–H and O–H groups in total. The van der Waals surface area contributed by atoms with Gasteiger partial charge in [-0.1, -0.05) is 6.07 Å². The number of hydrogen-bond donors (Lipinski definition) is 1. The Morgan fingerprint density at radius 1 is 1.14 bits per heavy atom. The number of nitrogens with one attached hydrogen (secondary N) is 1. The Labute approximate surface area is 169 Å². The lowest BCUT2D eigenvalue weighted by atomic mass is 10.3. The molecule has 0 spiro atoms. The number of thiophene rings is 1. The van der Waals surface area contributed by atoms with E-state index in [1.165, 1.54) is 5.00 Å². The summed E-state index contributed by atoms with van der Waals surface area (Å²) in [7, 11) is 0. The normalized spacial score (nSPS) is 15.4. The van der Waals surface area contributed by atoms with Gasteiger partial charge in [0.25, 0.3) is 0 Å². The van der Waals surface area contributed by atoms with E-state index in [2.05, 4.69) is 54.2 Å². The first-order valence-corrected chi connectivity index (χ1v) is 10.8. The van der Waals surface area contributed by atoms with Crippen LogP contribution in [-0.4, -0.2) is 64.7 Å². The lowest BCUT2D eigenvalue weighted by molar-refractivity contribution is 0.373. The number of hydrogen-bond acceptors (Lipinski definition) is 5. The van der Waals surface area contributed by atoms with E-state index in [9.17, 15) is 0 Å². The maximum Gasteiger partial charge on any atom is 0.194 e. The Hall–Kier alpha value is -2.61. The smallest absolute Gasteiger partial charge is 0.194 e. The molecule has 3 aromatic heterocycles. The second kappa shape index (κ2) is 9.05. The Bertz CT molecular complexity index is 894. The van der Waals surface area contributed by atoms with Crippen LogP contribution in [0.4, 0.5) is 5.00 Å². The van der Waals surface area contributed by atoms with Crippen LogP contribution in [0.15, 0.2) is 46.9 Å². The van der Waals surface area contributed by atoms with Crippen molar-refractivity contribution in [1.29, 1.82) is 0 Å². The minimum atomic E-state index is 0.787. The summed E-state index contributed by atoms with van der Waals surface area (Å²) in [5.74, 6) is 2.03. The average Bonchev–Trinajstić information content (AvgIpc) is 3.41. The average molecular weight is 398 g/mol. The molecule has 0 radical (unpaired) electrons. The highest BCUT2D eigenvalue weighted by molar-refractivity contribution is 7.14. The summed E-state index contributed by atoms with van der Waals surface area (Å²) in [5, 5.41) is 15.5. The van der Waals surface area contributed by atoms with Gasteiger partial charge in [-0.05, 0) is 43.0 Å². The second-order valence-corrected chi connectivity index (χ2v) is 7.74. The maximum absolute atomic E-state index is 4.86. The van der Waals surface area contributed by atoms with E-state index in [1.807, 2.05) is 35.7 Å². The Morgan fingerprint density at radius 3 is 2.82 bits per heavy atom. The Kier molecular flexibility index (Phi) is 6.06. The van der Waals surface area contributed by atoms with Gasteiger partial charge in [0, 0.05) is 51.9 Å². The fourth-order valence-corrected chi connectivity index (χ4v) is 4.28. The Balaban J connectivity index is 1.31. The highest BCUT2D eigenvalue weighted by Gasteiger charge is 2.20. The molecular formula is C20H27N7S. The van der Waals surface area contributed by atoms with E-state index >= 15 is 0 Å². The number of aryl methyl sites for hydroxylation is 1. The largest absolute Gasteiger partial charge is 0.360 e. The number of nitrogens with zero attached hydrogens (tertiary/aromatic N) is 6. The molecule has 0 atom stereocenters. The van der Waals surface area contributed by atoms with Crippen LogP contribution >= 0.6 is 11.3 Å². The van der Waals surface area contributed by atoms with Crippen molar-refractivity contribution in [3.63, 3.8) is 0 Å². The molecule has 0 aliphatic carbocycles. The third-order valence-corrected chi connectivity index (χ3v) is 5.87. The molecule has 28 heavy (non-hydrogen) atoms. The standard InChI is InChI=1S/C20H27N7S/c1-2-21-20(26-14-12-25(13-15-26)19-9-6-16-28-19)22-10-5-8-18-24-23-17-7-3-4-11-27(17)18/h3-4,6-7,9,11,16H,2,5,8,10,12-15H2,1H3,(H,21,22). The number of pyridine rings is 1. The van der Waals surface area contributed by atoms with E-state index in [0.29, 0.717) is 0 Å². The van der Waals surface area contributed by atoms with Crippen LogP contribution in [-0.2, 0) is 6.42 Å². The van der Waals surface area contributed by atoms with Crippen LogP contribution in [0.1, 0.15) is 19.2 Å². The van der Waals surface area contributed by atoms with Gasteiger partial charge in [-0.15, -0.1) is 21.5 Å². The van der Waals surface area contributed by atoms with Gasteiger partial charge in [0.2, 0.25) is 0 Å². The topological polar surface area (TPSA) is 61.1 Å². The molecule has 1 aliphatic rings. The van der Waals surface area contributed by atoms with Crippen LogP contribution < -0.4 is 10.2 Å². The first kappa shape index (κ1) is 18.7. The van der Waals surface area contributed by atoms with Gasteiger partial charge in [-0.3, -0.25) is 9.39 Å². The number of anilines is 1. The summed E-state index contributed by atoms with van der Waals surface area (Å²) in [6, 6.07) is 10.3. The quantitative estimate of drug-likeness (QED) is 0.393. The maximum atomic E-state index is 4.86. The van der Waals surface area contributed by atoms with Crippen molar-refractivity contribution < 1.29 is 0 Å². The summed E-state index contributed by atoms with van der Waals surface area (Å²) in [5.41, 5.74) is 0.901. The molecule has 148 valence electrons. The predicted molar refractivity (Wildman–Crippen MR) is 115 cm³/mol. The molecule has 1 fully saturated rings. The van der Waals surface area contributed by atoms with E-state index in [0.717, 1.165) is 69.5 Å². The third-order valence-electron chi connectivity index (χ3n) is 4.94. The van der Waals surface area contributed by atoms with E-state index in [-0.39, 0.29) is 0 Å². The fraction of sp³-hybridized carbons (Fsp3) is 0.450. The van der Waals surface area contributed by atoms with Gasteiger partial charge >= 0.3 is 0 Å². The molecule has 7 nitrogen and oxygen atoms in total. The molecule has 3 aromatic rings. The van der Waals surface area contributed by atoms with Crippen LogP contribution in [0.25, 0.3) is 5.65 Å². The highest BCUT2D eigenvalue weighted by Crippen LogP contribution is 2.22. The molecule has 0 unspecified atom stereocenters. The molecule has 1 aliphatic heterocycles. The molecule has 0 saturated carbocycles. The molecule has 4 rings (SSSR count). The highest BCUT2D eigenvalue weighted by atomic mass is 32.1. The lowest BCUT2D eigenvalue weighted by Gasteiger charge is -2.37. The minimum absolute atomic E-state index is 0.787. The van der Waals surface area contributed by atoms with Crippen molar-refractivity contribution in [2.24, 2.45) is 4.99 Å². The van der Waals surface area contributed by atoms with Crippen molar-refractivity contribution in [1.82, 2.24) is 24.8 Å². The number of aliphatic imine (C=N–C) groups is 1. The number of piperazine rings is 1. The van der Waals surface area contributed by atoms with Crippen LogP contribution in [0, 0.1) is 0 Å². The van der Waals surface area contributed by atoms with Crippen LogP contribution in [0.2, 0.25) is 0 Å². The van der Waals surface area contributed by atoms with Crippen molar-refractivity contribution in [2.45, 2.75) is 19.8 Å². The summed E-state index contributed by atoms with van der Waals surface area (Å²) in [4.78, 5) is 9.70. The zero-order chi connectivity index (χ0) is 19.2. The van der Waals surface area contributed by atoms with Crippen LogP contribution in [0.5, 0.6) is 0 Å². The summed E-state index contributed by atoms with van der Waals surface area (Å²) < 4.78 is 2.05. The summed E-state index contributed by atoms with van der Waals surface area (Å²) >= 11 is 1.81. The first-order chi connectivity index (χ1) is 13.8. The number of guanidine groups is 1. The van der Waals surface area contributed by atoms with Crippen molar-refractivity contribution in [3.05, 3.63) is 47.7 Å². The molecule has 0 bridgehead atoms. The number of aromatic nitrogens is 3. The van der Waals surface area contributed by atoms with Gasteiger partial charge in [0.1, 0.15) is 5.82 Å². The minimum Gasteiger partial charge on any atom is -0.360 e. The molecule has 0 amide bonds. The van der Waals surface area contributed by atoms with Crippen molar-refractivity contribution in [2.75, 3.05) is 44.2 Å². The summed E-state index contributed by atoms with van der Waals surface area (Å²) in [6.07, 6.45) is 3.85. The van der Waals surface area contributed by atoms with Crippen molar-refractivity contribution in [3.8, 4) is 0 Å². The second-order valence-electron chi connectivity index (χ2n) is 6.81. The lowest BCUT2D eigenvalue weighted by Crippen LogP contribution is -2.52. The monoisotopic (exact) mass is 397 g/mol. The van der Waals surface area contributed by atoms with Gasteiger partial charge in [-0.2, -0.15) is 0 Å². The van der Waals surface area contributed by atoms with Crippen LogP contribution in [0.3, 0.4) is 0 Å². The van der Waals surface area contributed by atoms with E-state index in [4.69, 9.17) is 4.99 Å². The van der Waals surface area contributed by atoms with Gasteiger partial charge in [0.05, 0.1) is 5.00 Å². The SMILES string of the molecule is CCNC(=NCCCc1nnc2ccccn12)N1CCN(c2cccs2)CC1. The fourth-order valence-electron chi connectivity index (χ4n) is 3.50. The Morgan fingerprint density at radius 2 is 2.04 bits per heavy atom. The van der Waals surface area contributed by atoms with Crippen molar-refractivity contribution >= 4 is 27.9 Å². The summed E-state index contributed by atoms with van der Waals surface area (Å²) in [6.45, 7) is 7.87. The van der Waals surface area contributed by atoms with Gasteiger partial charge in [0.15, 0.2) is 11.6 Å². The van der Waals surface area contributed by atoms with Gasteiger partial charge in [-0.25, -0.2) is 0 Å². The first-order valence-electron chi connectivity index (χ1n) is 9.95. The molecule has 0 aromatic carbocycles. The molecule has 4 heterocycles. The predicted octanol–water partition coefficient (Wildman–Crippen LogP) is 2.51. The molecule has 8 heteroatoms. The molecule has 1 saturated heterocycles. The zero-order valence-electron chi connectivity index (χ0n) is 16.3. The van der Waals surface area contributed by atoms with Gasteiger partial charge < -0.3 is 15.1 Å². The molecular weight excluding hydrogens is 370 g/mol. The number of fused-ring (bicyclic) bond motifs is 1. The third kappa shape index (κ3) is 4.27. The van der Waals surface area contributed by atoms with E-state index < -0.39 is 0 Å². The van der Waals surface area contributed by atoms with E-state index in [1.54, 1.807) is 0 Å².